The highest BCUT2D eigenvalue weighted by Crippen LogP contribution is 2.28. The number of ether oxygens (including phenoxy) is 2. The molecular formula is C19H25N3O3S. The summed E-state index contributed by atoms with van der Waals surface area (Å²) in [7, 11) is 1.61. The summed E-state index contributed by atoms with van der Waals surface area (Å²) in [5, 5.41) is 12.0. The Hall–Kier alpha value is -2.41. The second-order valence-electron chi connectivity index (χ2n) is 5.64. The molecule has 0 saturated heterocycles. The molecule has 1 heterocycles. The van der Waals surface area contributed by atoms with Crippen molar-refractivity contribution >= 4 is 28.5 Å². The van der Waals surface area contributed by atoms with Crippen LogP contribution in [0.5, 0.6) is 11.5 Å². The number of nitrogens with zero attached hydrogens (tertiary/aromatic N) is 2. The first kappa shape index (κ1) is 19.9. The summed E-state index contributed by atoms with van der Waals surface area (Å²) < 4.78 is 11.1. The quantitative estimate of drug-likeness (QED) is 0.494. The van der Waals surface area contributed by atoms with Crippen LogP contribution in [0.15, 0.2) is 24.3 Å². The zero-order valence-corrected chi connectivity index (χ0v) is 16.3. The Balaban J connectivity index is 1.95. The molecule has 0 aliphatic heterocycles. The molecule has 2 aromatic rings. The van der Waals surface area contributed by atoms with E-state index in [-0.39, 0.29) is 5.91 Å². The van der Waals surface area contributed by atoms with Gasteiger partial charge in [-0.1, -0.05) is 44.1 Å². The van der Waals surface area contributed by atoms with Crippen LogP contribution in [0, 0.1) is 0 Å². The molecule has 0 spiro atoms. The van der Waals surface area contributed by atoms with Crippen molar-refractivity contribution in [3.8, 4) is 11.5 Å². The van der Waals surface area contributed by atoms with E-state index in [1.807, 2.05) is 25.1 Å². The van der Waals surface area contributed by atoms with Crippen LogP contribution in [0.3, 0.4) is 0 Å². The van der Waals surface area contributed by atoms with Gasteiger partial charge in [-0.15, -0.1) is 10.2 Å². The largest absolute Gasteiger partial charge is 0.493 e. The number of anilines is 1. The van der Waals surface area contributed by atoms with E-state index < -0.39 is 0 Å². The fourth-order valence-corrected chi connectivity index (χ4v) is 2.89. The van der Waals surface area contributed by atoms with Gasteiger partial charge in [0.2, 0.25) is 11.0 Å². The molecule has 26 heavy (non-hydrogen) atoms. The first-order valence-electron chi connectivity index (χ1n) is 8.78. The fourth-order valence-electron chi connectivity index (χ4n) is 2.21. The Morgan fingerprint density at radius 1 is 1.23 bits per heavy atom. The number of hydrogen-bond acceptors (Lipinski definition) is 6. The lowest BCUT2D eigenvalue weighted by Crippen LogP contribution is -2.07. The minimum absolute atomic E-state index is 0.248. The number of amides is 1. The number of aromatic nitrogens is 2. The molecule has 0 unspecified atom stereocenters. The highest BCUT2D eigenvalue weighted by atomic mass is 32.1. The van der Waals surface area contributed by atoms with Gasteiger partial charge in [-0.25, -0.2) is 0 Å². The summed E-state index contributed by atoms with van der Waals surface area (Å²) in [6.45, 7) is 4.82. The van der Waals surface area contributed by atoms with Crippen LogP contribution in [0.2, 0.25) is 0 Å². The van der Waals surface area contributed by atoms with Gasteiger partial charge in [-0.2, -0.15) is 0 Å². The first-order valence-corrected chi connectivity index (χ1v) is 9.60. The second kappa shape index (κ2) is 10.6. The minimum atomic E-state index is -0.248. The van der Waals surface area contributed by atoms with E-state index in [1.54, 1.807) is 13.2 Å². The molecule has 0 saturated carbocycles. The van der Waals surface area contributed by atoms with Crippen molar-refractivity contribution in [3.63, 3.8) is 0 Å². The van der Waals surface area contributed by atoms with Crippen molar-refractivity contribution < 1.29 is 14.3 Å². The van der Waals surface area contributed by atoms with Gasteiger partial charge in [0, 0.05) is 6.08 Å². The van der Waals surface area contributed by atoms with E-state index in [2.05, 4.69) is 22.4 Å². The predicted octanol–water partition coefficient (Wildman–Crippen LogP) is 4.33. The van der Waals surface area contributed by atoms with E-state index in [4.69, 9.17) is 9.47 Å². The van der Waals surface area contributed by atoms with Crippen molar-refractivity contribution in [2.45, 2.75) is 39.5 Å². The summed E-state index contributed by atoms with van der Waals surface area (Å²) in [5.41, 5.74) is 0.851. The van der Waals surface area contributed by atoms with Crippen LogP contribution >= 0.6 is 11.3 Å². The molecule has 1 N–H and O–H groups in total. The lowest BCUT2D eigenvalue weighted by atomic mass is 10.2. The fraction of sp³-hybridized carbons (Fsp3) is 0.421. The summed E-state index contributed by atoms with van der Waals surface area (Å²) in [6, 6.07) is 5.60. The van der Waals surface area contributed by atoms with Crippen LogP contribution in [0.1, 0.15) is 43.7 Å². The number of hydrogen-bond donors (Lipinski definition) is 1. The van der Waals surface area contributed by atoms with Crippen molar-refractivity contribution in [1.82, 2.24) is 10.2 Å². The summed E-state index contributed by atoms with van der Waals surface area (Å²) >= 11 is 1.38. The molecule has 6 nitrogen and oxygen atoms in total. The average molecular weight is 375 g/mol. The zero-order chi connectivity index (χ0) is 18.8. The van der Waals surface area contributed by atoms with Gasteiger partial charge in [0.15, 0.2) is 11.5 Å². The number of unbranched alkanes of at least 4 members (excludes halogenated alkanes) is 2. The molecule has 0 bridgehead atoms. The molecule has 1 aromatic heterocycles. The van der Waals surface area contributed by atoms with Crippen LogP contribution in [-0.4, -0.2) is 29.8 Å². The summed E-state index contributed by atoms with van der Waals surface area (Å²) in [6.07, 6.45) is 7.31. The lowest BCUT2D eigenvalue weighted by Gasteiger charge is -2.11. The van der Waals surface area contributed by atoms with Crippen molar-refractivity contribution in [2.24, 2.45) is 0 Å². The maximum Gasteiger partial charge on any atom is 0.250 e. The maximum absolute atomic E-state index is 12.0. The lowest BCUT2D eigenvalue weighted by molar-refractivity contribution is -0.111. The number of benzene rings is 1. The Labute approximate surface area is 158 Å². The van der Waals surface area contributed by atoms with Gasteiger partial charge in [0.25, 0.3) is 0 Å². The van der Waals surface area contributed by atoms with Crippen LogP contribution in [-0.2, 0) is 11.2 Å². The van der Waals surface area contributed by atoms with Gasteiger partial charge < -0.3 is 9.47 Å². The van der Waals surface area contributed by atoms with E-state index >= 15 is 0 Å². The van der Waals surface area contributed by atoms with Gasteiger partial charge in [-0.05, 0) is 36.6 Å². The van der Waals surface area contributed by atoms with Gasteiger partial charge >= 0.3 is 0 Å². The molecule has 0 radical (unpaired) electrons. The first-order chi connectivity index (χ1) is 12.7. The average Bonchev–Trinajstić information content (AvgIpc) is 3.11. The zero-order valence-electron chi connectivity index (χ0n) is 15.4. The molecular weight excluding hydrogens is 350 g/mol. The Kier molecular flexibility index (Phi) is 8.08. The van der Waals surface area contributed by atoms with Crippen LogP contribution in [0.25, 0.3) is 6.08 Å². The number of rotatable bonds is 10. The Bertz CT molecular complexity index is 743. The van der Waals surface area contributed by atoms with Crippen molar-refractivity contribution in [1.29, 1.82) is 0 Å². The Morgan fingerprint density at radius 3 is 2.77 bits per heavy atom. The number of aryl methyl sites for hydroxylation is 1. The second-order valence-corrected chi connectivity index (χ2v) is 6.71. The van der Waals surface area contributed by atoms with E-state index in [0.29, 0.717) is 23.2 Å². The molecule has 0 atom stereocenters. The molecule has 7 heteroatoms. The summed E-state index contributed by atoms with van der Waals surface area (Å²) in [5.74, 6) is 1.12. The summed E-state index contributed by atoms with van der Waals surface area (Å²) in [4.78, 5) is 12.0. The van der Waals surface area contributed by atoms with E-state index in [9.17, 15) is 4.79 Å². The SMILES string of the molecule is CCCCCOc1ccc(C=CC(=O)Nc2nnc(CC)s2)cc1OC. The number of methoxy groups -OCH3 is 1. The molecule has 0 aliphatic carbocycles. The maximum atomic E-state index is 12.0. The number of carbonyl (C=O) groups excluding carboxylic acids is 1. The van der Waals surface area contributed by atoms with Gasteiger partial charge in [0.05, 0.1) is 13.7 Å². The highest BCUT2D eigenvalue weighted by Gasteiger charge is 2.07. The monoisotopic (exact) mass is 375 g/mol. The van der Waals surface area contributed by atoms with Crippen molar-refractivity contribution in [2.75, 3.05) is 19.0 Å². The van der Waals surface area contributed by atoms with Crippen LogP contribution in [0.4, 0.5) is 5.13 Å². The Morgan fingerprint density at radius 2 is 2.08 bits per heavy atom. The third-order valence-corrected chi connectivity index (χ3v) is 4.60. The van der Waals surface area contributed by atoms with Gasteiger partial charge in [0.1, 0.15) is 5.01 Å². The smallest absolute Gasteiger partial charge is 0.250 e. The molecule has 1 aromatic carbocycles. The van der Waals surface area contributed by atoms with E-state index in [0.717, 1.165) is 36.3 Å². The predicted molar refractivity (Wildman–Crippen MR) is 105 cm³/mol. The van der Waals surface area contributed by atoms with Gasteiger partial charge in [-0.3, -0.25) is 10.1 Å². The standard InChI is InChI=1S/C19H25N3O3S/c1-4-6-7-12-25-15-10-8-14(13-16(15)24-3)9-11-17(23)20-19-22-21-18(5-2)26-19/h8-11,13H,4-7,12H2,1-3H3,(H,20,22,23). The normalized spacial score (nSPS) is 10.9. The van der Waals surface area contributed by atoms with Crippen LogP contribution < -0.4 is 14.8 Å². The molecule has 0 fully saturated rings. The third-order valence-electron chi connectivity index (χ3n) is 3.62. The topological polar surface area (TPSA) is 73.3 Å². The number of nitrogens with one attached hydrogen (secondary N) is 1. The highest BCUT2D eigenvalue weighted by molar-refractivity contribution is 7.15. The molecule has 2 rings (SSSR count). The third kappa shape index (κ3) is 6.15. The molecule has 140 valence electrons. The number of carbonyl (C=O) groups is 1. The molecule has 1 amide bonds. The van der Waals surface area contributed by atoms with E-state index in [1.165, 1.54) is 17.4 Å². The molecule has 0 aliphatic rings. The minimum Gasteiger partial charge on any atom is -0.493 e. The van der Waals surface area contributed by atoms with Crippen molar-refractivity contribution in [3.05, 3.63) is 34.8 Å².